The van der Waals surface area contributed by atoms with Crippen LogP contribution in [0, 0.1) is 5.92 Å². The summed E-state index contributed by atoms with van der Waals surface area (Å²) in [5.74, 6) is -0.427. The van der Waals surface area contributed by atoms with Crippen LogP contribution in [-0.2, 0) is 19.7 Å². The Hall–Kier alpha value is -1.62. The van der Waals surface area contributed by atoms with Crippen molar-refractivity contribution in [2.75, 3.05) is 32.6 Å². The Labute approximate surface area is 141 Å². The number of amides is 1. The van der Waals surface area contributed by atoms with Crippen LogP contribution in [0.2, 0.25) is 0 Å². The van der Waals surface area contributed by atoms with Gasteiger partial charge >= 0.3 is 0 Å². The number of nitrogens with zero attached hydrogens (tertiary/aromatic N) is 4. The summed E-state index contributed by atoms with van der Waals surface area (Å²) in [6.07, 6.45) is 5.33. The standard InChI is InChI=1S/C14H21N5O4S/c1-18(2)24(21,22)19-9-10(7-12-11(19)3-6-23-12)14(20)17-13-8-15-4-5-16-13/h4-5,8,10-12H,3,6-7,9H2,1-2H3,(H,16,17,20)/t10-,11-,12-/m1/s1. The molecule has 0 bridgehead atoms. The second-order valence-corrected chi connectivity index (χ2v) is 8.23. The molecule has 1 aromatic rings. The zero-order chi connectivity index (χ0) is 17.3. The van der Waals surface area contributed by atoms with Crippen molar-refractivity contribution < 1.29 is 17.9 Å². The van der Waals surface area contributed by atoms with E-state index in [4.69, 9.17) is 4.74 Å². The SMILES string of the molecule is CN(C)S(=O)(=O)N1C[C@H](C(=O)Nc2cnccn2)C[C@H]2OCC[C@H]21. The van der Waals surface area contributed by atoms with E-state index in [9.17, 15) is 13.2 Å². The third kappa shape index (κ3) is 3.27. The number of carbonyl (C=O) groups excluding carboxylic acids is 1. The van der Waals surface area contributed by atoms with Crippen LogP contribution < -0.4 is 5.32 Å². The zero-order valence-corrected chi connectivity index (χ0v) is 14.4. The minimum atomic E-state index is -3.61. The fraction of sp³-hybridized carbons (Fsp3) is 0.643. The topological polar surface area (TPSA) is 105 Å². The quantitative estimate of drug-likeness (QED) is 0.795. The van der Waals surface area contributed by atoms with E-state index in [-0.39, 0.29) is 24.6 Å². The van der Waals surface area contributed by atoms with Crippen LogP contribution in [0.5, 0.6) is 0 Å². The minimum Gasteiger partial charge on any atom is -0.376 e. The van der Waals surface area contributed by atoms with Gasteiger partial charge in [-0.3, -0.25) is 9.78 Å². The summed E-state index contributed by atoms with van der Waals surface area (Å²) in [6, 6.07) is -0.210. The molecule has 1 N–H and O–H groups in total. The summed E-state index contributed by atoms with van der Waals surface area (Å²) in [7, 11) is -0.636. The molecular formula is C14H21N5O4S. The summed E-state index contributed by atoms with van der Waals surface area (Å²) in [5.41, 5.74) is 0. The van der Waals surface area contributed by atoms with Gasteiger partial charge in [0.2, 0.25) is 5.91 Å². The van der Waals surface area contributed by atoms with Crippen LogP contribution >= 0.6 is 0 Å². The average molecular weight is 355 g/mol. The number of anilines is 1. The van der Waals surface area contributed by atoms with Gasteiger partial charge in [0.1, 0.15) is 0 Å². The second kappa shape index (κ2) is 6.71. The average Bonchev–Trinajstić information content (AvgIpc) is 3.02. The molecule has 3 rings (SSSR count). The molecule has 9 nitrogen and oxygen atoms in total. The maximum absolute atomic E-state index is 12.6. The van der Waals surface area contributed by atoms with E-state index in [2.05, 4.69) is 15.3 Å². The highest BCUT2D eigenvalue weighted by molar-refractivity contribution is 7.86. The van der Waals surface area contributed by atoms with Crippen LogP contribution in [0.25, 0.3) is 0 Å². The number of rotatable bonds is 4. The van der Waals surface area contributed by atoms with Crippen molar-refractivity contribution in [3.8, 4) is 0 Å². The molecule has 0 radical (unpaired) electrons. The van der Waals surface area contributed by atoms with E-state index in [1.54, 1.807) is 0 Å². The molecule has 10 heteroatoms. The largest absolute Gasteiger partial charge is 0.376 e. The Morgan fingerprint density at radius 1 is 1.42 bits per heavy atom. The zero-order valence-electron chi connectivity index (χ0n) is 13.6. The lowest BCUT2D eigenvalue weighted by Gasteiger charge is -2.40. The molecular weight excluding hydrogens is 334 g/mol. The lowest BCUT2D eigenvalue weighted by atomic mass is 9.91. The van der Waals surface area contributed by atoms with Crippen LogP contribution in [0.15, 0.2) is 18.6 Å². The number of carbonyl (C=O) groups is 1. The molecule has 2 fully saturated rings. The van der Waals surface area contributed by atoms with Crippen LogP contribution in [-0.4, -0.2) is 72.3 Å². The maximum Gasteiger partial charge on any atom is 0.281 e. The highest BCUT2D eigenvalue weighted by Crippen LogP contribution is 2.34. The number of hydrogen-bond donors (Lipinski definition) is 1. The Morgan fingerprint density at radius 3 is 2.88 bits per heavy atom. The number of ether oxygens (including phenoxy) is 1. The van der Waals surface area contributed by atoms with Crippen molar-refractivity contribution in [1.29, 1.82) is 0 Å². The Morgan fingerprint density at radius 2 is 2.21 bits per heavy atom. The van der Waals surface area contributed by atoms with Gasteiger partial charge in [0.05, 0.1) is 24.3 Å². The molecule has 0 aliphatic carbocycles. The lowest BCUT2D eigenvalue weighted by Crippen LogP contribution is -2.56. The predicted molar refractivity (Wildman–Crippen MR) is 86.2 cm³/mol. The Kier molecular flexibility index (Phi) is 4.81. The van der Waals surface area contributed by atoms with Gasteiger partial charge in [-0.25, -0.2) is 4.98 Å². The van der Waals surface area contributed by atoms with Gasteiger partial charge in [-0.2, -0.15) is 17.0 Å². The fourth-order valence-electron chi connectivity index (χ4n) is 3.16. The minimum absolute atomic E-state index is 0.136. The summed E-state index contributed by atoms with van der Waals surface area (Å²) in [6.45, 7) is 0.643. The molecule has 2 aliphatic heterocycles. The first-order valence-electron chi connectivity index (χ1n) is 7.77. The Bertz CT molecular complexity index is 696. The first kappa shape index (κ1) is 17.2. The first-order valence-corrected chi connectivity index (χ1v) is 9.17. The number of hydrogen-bond acceptors (Lipinski definition) is 6. The van der Waals surface area contributed by atoms with Crippen LogP contribution in [0.1, 0.15) is 12.8 Å². The molecule has 0 saturated carbocycles. The molecule has 0 unspecified atom stereocenters. The molecule has 3 heterocycles. The normalized spacial score (nSPS) is 27.9. The van der Waals surface area contributed by atoms with E-state index in [1.165, 1.54) is 41.3 Å². The number of fused-ring (bicyclic) bond motifs is 1. The lowest BCUT2D eigenvalue weighted by molar-refractivity contribution is -0.123. The van der Waals surface area contributed by atoms with Gasteiger partial charge in [0.15, 0.2) is 5.82 Å². The molecule has 1 aromatic heterocycles. The molecule has 1 amide bonds. The van der Waals surface area contributed by atoms with E-state index < -0.39 is 16.1 Å². The highest BCUT2D eigenvalue weighted by atomic mass is 32.2. The van der Waals surface area contributed by atoms with Gasteiger partial charge in [-0.1, -0.05) is 0 Å². The van der Waals surface area contributed by atoms with Crippen molar-refractivity contribution in [3.05, 3.63) is 18.6 Å². The van der Waals surface area contributed by atoms with Crippen LogP contribution in [0.3, 0.4) is 0 Å². The van der Waals surface area contributed by atoms with Crippen molar-refractivity contribution in [1.82, 2.24) is 18.6 Å². The molecule has 0 aromatic carbocycles. The van der Waals surface area contributed by atoms with Gasteiger partial charge in [0, 0.05) is 39.6 Å². The number of piperidine rings is 1. The molecule has 132 valence electrons. The third-order valence-electron chi connectivity index (χ3n) is 4.40. The smallest absolute Gasteiger partial charge is 0.281 e. The van der Waals surface area contributed by atoms with E-state index in [0.29, 0.717) is 25.3 Å². The summed E-state index contributed by atoms with van der Waals surface area (Å²) >= 11 is 0. The molecule has 24 heavy (non-hydrogen) atoms. The molecule has 0 spiro atoms. The highest BCUT2D eigenvalue weighted by Gasteiger charge is 2.47. The van der Waals surface area contributed by atoms with Crippen LogP contribution in [0.4, 0.5) is 5.82 Å². The van der Waals surface area contributed by atoms with Crippen molar-refractivity contribution in [2.24, 2.45) is 5.92 Å². The van der Waals surface area contributed by atoms with E-state index in [0.717, 1.165) is 0 Å². The number of aromatic nitrogens is 2. The molecule has 2 aliphatic rings. The fourth-order valence-corrected chi connectivity index (χ4v) is 4.53. The Balaban J connectivity index is 1.79. The van der Waals surface area contributed by atoms with Gasteiger partial charge in [-0.15, -0.1) is 0 Å². The van der Waals surface area contributed by atoms with Crippen molar-refractivity contribution >= 4 is 21.9 Å². The molecule has 3 atom stereocenters. The second-order valence-electron chi connectivity index (χ2n) is 6.14. The van der Waals surface area contributed by atoms with Crippen molar-refractivity contribution in [2.45, 2.75) is 25.0 Å². The maximum atomic E-state index is 12.6. The van der Waals surface area contributed by atoms with Gasteiger partial charge in [-0.05, 0) is 12.8 Å². The van der Waals surface area contributed by atoms with Gasteiger partial charge in [0.25, 0.3) is 10.2 Å². The predicted octanol–water partition coefficient (Wildman–Crippen LogP) is -0.299. The summed E-state index contributed by atoms with van der Waals surface area (Å²) < 4.78 is 33.4. The summed E-state index contributed by atoms with van der Waals surface area (Å²) in [4.78, 5) is 20.4. The third-order valence-corrected chi connectivity index (χ3v) is 6.34. The molecule has 2 saturated heterocycles. The van der Waals surface area contributed by atoms with E-state index >= 15 is 0 Å². The monoisotopic (exact) mass is 355 g/mol. The van der Waals surface area contributed by atoms with Crippen molar-refractivity contribution in [3.63, 3.8) is 0 Å². The summed E-state index contributed by atoms with van der Waals surface area (Å²) in [5, 5.41) is 2.69. The van der Waals surface area contributed by atoms with E-state index in [1.807, 2.05) is 0 Å². The first-order chi connectivity index (χ1) is 11.4. The number of nitrogens with one attached hydrogen (secondary N) is 1. The van der Waals surface area contributed by atoms with Gasteiger partial charge < -0.3 is 10.1 Å².